The van der Waals surface area contributed by atoms with Crippen molar-refractivity contribution in [2.24, 2.45) is 11.5 Å². The van der Waals surface area contributed by atoms with Crippen LogP contribution in [0.15, 0.2) is 30.5 Å². The minimum Gasteiger partial charge on any atom is -0.481 e. The Hall–Kier alpha value is -4.46. The fraction of sp³-hybridized carbons (Fsp3) is 0.364. The first-order valence-corrected chi connectivity index (χ1v) is 10.9. The summed E-state index contributed by atoms with van der Waals surface area (Å²) in [6.45, 7) is -0.635. The zero-order valence-corrected chi connectivity index (χ0v) is 19.2. The molecule has 1 heterocycles. The predicted molar refractivity (Wildman–Crippen MR) is 125 cm³/mol. The molecular formula is C22H28N6O8. The summed E-state index contributed by atoms with van der Waals surface area (Å²) in [5.41, 5.74) is 12.0. The lowest BCUT2D eigenvalue weighted by Crippen LogP contribution is -2.54. The molecule has 0 aliphatic heterocycles. The van der Waals surface area contributed by atoms with Crippen molar-refractivity contribution >= 4 is 46.5 Å². The molecule has 1 aromatic heterocycles. The summed E-state index contributed by atoms with van der Waals surface area (Å²) in [5, 5.41) is 26.1. The summed E-state index contributed by atoms with van der Waals surface area (Å²) >= 11 is 0. The van der Waals surface area contributed by atoms with E-state index in [0.717, 1.165) is 10.9 Å². The van der Waals surface area contributed by atoms with Crippen molar-refractivity contribution in [1.29, 1.82) is 0 Å². The van der Waals surface area contributed by atoms with Gasteiger partial charge in [-0.3, -0.25) is 24.0 Å². The number of nitrogens with one attached hydrogen (secondary N) is 4. The van der Waals surface area contributed by atoms with Crippen molar-refractivity contribution in [3.63, 3.8) is 0 Å². The maximum Gasteiger partial charge on any atom is 0.326 e. The first-order valence-electron chi connectivity index (χ1n) is 10.9. The third kappa shape index (κ3) is 8.39. The molecule has 0 saturated carbocycles. The van der Waals surface area contributed by atoms with Crippen LogP contribution in [-0.2, 0) is 35.2 Å². The van der Waals surface area contributed by atoms with Gasteiger partial charge in [-0.1, -0.05) is 18.2 Å². The summed E-state index contributed by atoms with van der Waals surface area (Å²) in [5.74, 6) is -6.11. The van der Waals surface area contributed by atoms with Crippen LogP contribution >= 0.6 is 0 Å². The summed E-state index contributed by atoms with van der Waals surface area (Å²) in [6.07, 6.45) is 0.506. The second kappa shape index (κ2) is 12.9. The van der Waals surface area contributed by atoms with Gasteiger partial charge >= 0.3 is 11.9 Å². The van der Waals surface area contributed by atoms with E-state index in [-0.39, 0.29) is 19.3 Å². The summed E-state index contributed by atoms with van der Waals surface area (Å²) in [4.78, 5) is 73.6. The number of aromatic amines is 1. The molecule has 3 atom stereocenters. The normalized spacial score (nSPS) is 13.2. The third-order valence-electron chi connectivity index (χ3n) is 5.21. The number of fused-ring (bicyclic) bond motifs is 1. The number of hydrogen-bond donors (Lipinski definition) is 8. The highest BCUT2D eigenvalue weighted by Crippen LogP contribution is 2.19. The molecule has 0 bridgehead atoms. The highest BCUT2D eigenvalue weighted by molar-refractivity contribution is 5.94. The Kier molecular flexibility index (Phi) is 9.92. The number of rotatable bonds is 14. The molecule has 194 valence electrons. The van der Waals surface area contributed by atoms with E-state index in [1.165, 1.54) is 0 Å². The summed E-state index contributed by atoms with van der Waals surface area (Å²) < 4.78 is 0. The van der Waals surface area contributed by atoms with Crippen LogP contribution in [-0.4, -0.2) is 75.4 Å². The van der Waals surface area contributed by atoms with Gasteiger partial charge in [0.15, 0.2) is 0 Å². The highest BCUT2D eigenvalue weighted by Gasteiger charge is 2.29. The van der Waals surface area contributed by atoms with Crippen LogP contribution in [0.5, 0.6) is 0 Å². The molecule has 0 saturated heterocycles. The monoisotopic (exact) mass is 504 g/mol. The topological polar surface area (TPSA) is 247 Å². The van der Waals surface area contributed by atoms with Crippen molar-refractivity contribution in [2.45, 2.75) is 43.8 Å². The highest BCUT2D eigenvalue weighted by atomic mass is 16.4. The molecule has 14 heteroatoms. The van der Waals surface area contributed by atoms with Gasteiger partial charge in [0.05, 0.1) is 19.0 Å². The zero-order valence-electron chi connectivity index (χ0n) is 19.2. The van der Waals surface area contributed by atoms with Gasteiger partial charge in [-0.05, 0) is 18.1 Å². The smallest absolute Gasteiger partial charge is 0.326 e. The summed E-state index contributed by atoms with van der Waals surface area (Å²) in [7, 11) is 0. The number of hydrogen-bond acceptors (Lipinski definition) is 7. The van der Waals surface area contributed by atoms with Crippen LogP contribution in [0.2, 0.25) is 0 Å². The molecule has 10 N–H and O–H groups in total. The van der Waals surface area contributed by atoms with Crippen LogP contribution in [0, 0.1) is 0 Å². The van der Waals surface area contributed by atoms with Crippen LogP contribution in [0.25, 0.3) is 10.9 Å². The number of H-pyrrole nitrogens is 1. The van der Waals surface area contributed by atoms with Crippen molar-refractivity contribution in [1.82, 2.24) is 20.9 Å². The maximum atomic E-state index is 12.7. The number of carbonyl (C=O) groups is 6. The number of aliphatic carboxylic acids is 2. The molecule has 3 unspecified atom stereocenters. The Labute approximate surface area is 204 Å². The lowest BCUT2D eigenvalue weighted by molar-refractivity contribution is -0.143. The van der Waals surface area contributed by atoms with Crippen molar-refractivity contribution < 1.29 is 39.0 Å². The first-order chi connectivity index (χ1) is 17.0. The molecule has 0 spiro atoms. The van der Waals surface area contributed by atoms with E-state index in [0.29, 0.717) is 5.56 Å². The zero-order chi connectivity index (χ0) is 26.8. The molecule has 0 radical (unpaired) electrons. The number of aromatic nitrogens is 1. The third-order valence-corrected chi connectivity index (χ3v) is 5.21. The second-order valence-electron chi connectivity index (χ2n) is 8.01. The second-order valence-corrected chi connectivity index (χ2v) is 8.01. The SMILES string of the molecule is NC(=O)CCC(N)C(=O)NCC(=O)NC(CC(=O)O)C(=O)NC(Cc1c[nH]c2ccccc12)C(=O)O. The van der Waals surface area contributed by atoms with E-state index in [1.807, 2.05) is 0 Å². The Morgan fingerprint density at radius 2 is 1.67 bits per heavy atom. The van der Waals surface area contributed by atoms with Crippen LogP contribution in [0.1, 0.15) is 24.8 Å². The molecule has 4 amide bonds. The molecular weight excluding hydrogens is 476 g/mol. The van der Waals surface area contributed by atoms with Crippen LogP contribution in [0.3, 0.4) is 0 Å². The van der Waals surface area contributed by atoms with Crippen molar-refractivity contribution in [3.05, 3.63) is 36.0 Å². The van der Waals surface area contributed by atoms with E-state index in [1.54, 1.807) is 30.5 Å². The minimum absolute atomic E-state index is 0.0418. The fourth-order valence-electron chi connectivity index (χ4n) is 3.35. The lowest BCUT2D eigenvalue weighted by Gasteiger charge is -2.21. The molecule has 2 rings (SSSR count). The Bertz CT molecular complexity index is 1150. The van der Waals surface area contributed by atoms with Gasteiger partial charge < -0.3 is 42.6 Å². The fourth-order valence-corrected chi connectivity index (χ4v) is 3.35. The van der Waals surface area contributed by atoms with E-state index in [9.17, 15) is 33.9 Å². The molecule has 0 aliphatic rings. The van der Waals surface area contributed by atoms with Crippen LogP contribution in [0.4, 0.5) is 0 Å². The Balaban J connectivity index is 2.00. The average molecular weight is 505 g/mol. The standard InChI is InChI=1S/C22H28N6O8/c23-13(5-6-17(24)29)20(33)26-10-18(30)27-15(8-19(31)32)21(34)28-16(22(35)36)7-11-9-25-14-4-2-1-3-12(11)14/h1-4,9,13,15-16,25H,5-8,10,23H2,(H2,24,29)(H,26,33)(H,27,30)(H,28,34)(H,31,32)(H,35,36). The number of carboxylic acids is 2. The van der Waals surface area contributed by atoms with E-state index < -0.39 is 66.7 Å². The maximum absolute atomic E-state index is 12.7. The quantitative estimate of drug-likeness (QED) is 0.141. The summed E-state index contributed by atoms with van der Waals surface area (Å²) in [6, 6.07) is 3.03. The molecule has 36 heavy (non-hydrogen) atoms. The first kappa shape index (κ1) is 27.8. The van der Waals surface area contributed by atoms with Gasteiger partial charge in [-0.25, -0.2) is 4.79 Å². The Morgan fingerprint density at radius 1 is 0.972 bits per heavy atom. The van der Waals surface area contributed by atoms with E-state index in [4.69, 9.17) is 16.6 Å². The number of amides is 4. The Morgan fingerprint density at radius 3 is 2.31 bits per heavy atom. The number of primary amides is 1. The molecule has 0 aliphatic carbocycles. The number of para-hydroxylation sites is 1. The van der Waals surface area contributed by atoms with Gasteiger partial charge in [0, 0.05) is 29.9 Å². The molecule has 1 aromatic carbocycles. The van der Waals surface area contributed by atoms with Crippen molar-refractivity contribution in [2.75, 3.05) is 6.54 Å². The van der Waals surface area contributed by atoms with Gasteiger partial charge in [0.2, 0.25) is 23.6 Å². The molecule has 2 aromatic rings. The largest absolute Gasteiger partial charge is 0.481 e. The number of carboxylic acid groups (broad SMARTS) is 2. The van der Waals surface area contributed by atoms with Gasteiger partial charge in [0.1, 0.15) is 12.1 Å². The van der Waals surface area contributed by atoms with Gasteiger partial charge in [0.25, 0.3) is 0 Å². The minimum atomic E-state index is -1.61. The van der Waals surface area contributed by atoms with E-state index >= 15 is 0 Å². The predicted octanol–water partition coefficient (Wildman–Crippen LogP) is -2.05. The lowest BCUT2D eigenvalue weighted by atomic mass is 10.0. The number of nitrogens with two attached hydrogens (primary N) is 2. The van der Waals surface area contributed by atoms with Gasteiger partial charge in [-0.15, -0.1) is 0 Å². The molecule has 0 fully saturated rings. The van der Waals surface area contributed by atoms with Crippen molar-refractivity contribution in [3.8, 4) is 0 Å². The molecule has 14 nitrogen and oxygen atoms in total. The van der Waals surface area contributed by atoms with Gasteiger partial charge in [-0.2, -0.15) is 0 Å². The number of benzene rings is 1. The van der Waals surface area contributed by atoms with E-state index in [2.05, 4.69) is 20.9 Å². The van der Waals surface area contributed by atoms with Crippen LogP contribution < -0.4 is 27.4 Å². The average Bonchev–Trinajstić information content (AvgIpc) is 3.22. The number of carbonyl (C=O) groups excluding carboxylic acids is 4.